The van der Waals surface area contributed by atoms with Gasteiger partial charge in [0.1, 0.15) is 5.92 Å². The highest BCUT2D eigenvalue weighted by Crippen LogP contribution is 2.42. The molecule has 5 nitrogen and oxygen atoms in total. The molecule has 0 saturated heterocycles. The van der Waals surface area contributed by atoms with E-state index in [2.05, 4.69) is 11.4 Å². The molecule has 1 aromatic rings. The van der Waals surface area contributed by atoms with E-state index in [-0.39, 0.29) is 0 Å². The van der Waals surface area contributed by atoms with Crippen molar-refractivity contribution in [3.63, 3.8) is 0 Å². The second-order valence-electron chi connectivity index (χ2n) is 5.19. The molecule has 2 atom stereocenters. The second-order valence-corrected chi connectivity index (χ2v) is 6.70. The third-order valence-electron chi connectivity index (χ3n) is 3.67. The zero-order valence-corrected chi connectivity index (χ0v) is 14.9. The lowest BCUT2D eigenvalue weighted by atomic mass is 9.78. The average molecular weight is 365 g/mol. The molecule has 1 heterocycles. The number of hydrogen-bond acceptors (Lipinski definition) is 5. The van der Waals surface area contributed by atoms with Gasteiger partial charge in [-0.1, -0.05) is 36.7 Å². The van der Waals surface area contributed by atoms with Gasteiger partial charge in [-0.05, 0) is 23.8 Å². The summed E-state index contributed by atoms with van der Waals surface area (Å²) in [5.41, 5.74) is 0.895. The molecule has 0 aromatic heterocycles. The molecule has 0 saturated carbocycles. The summed E-state index contributed by atoms with van der Waals surface area (Å²) in [4.78, 5) is 24.7. The Morgan fingerprint density at radius 1 is 1.46 bits per heavy atom. The van der Waals surface area contributed by atoms with Gasteiger partial charge in [0, 0.05) is 10.9 Å². The first-order chi connectivity index (χ1) is 11.5. The Hall–Kier alpha value is -1.97. The fourth-order valence-electron chi connectivity index (χ4n) is 2.59. The van der Waals surface area contributed by atoms with Crippen LogP contribution in [0.1, 0.15) is 24.8 Å². The smallest absolute Gasteiger partial charge is 0.319 e. The summed E-state index contributed by atoms with van der Waals surface area (Å²) < 4.78 is 4.78. The van der Waals surface area contributed by atoms with Crippen LogP contribution in [-0.4, -0.2) is 24.7 Å². The normalized spacial score (nSPS) is 20.3. The minimum absolute atomic E-state index is 0.330. The van der Waals surface area contributed by atoms with E-state index in [0.717, 1.165) is 12.2 Å². The SMILES string of the molecule is CCCSC1=C(C#N)[C@@H](c2ccccc2Cl)[C@@H](C(=O)OC)C(=O)N1. The zero-order chi connectivity index (χ0) is 17.7. The minimum Gasteiger partial charge on any atom is -0.468 e. The predicted octanol–water partition coefficient (Wildman–Crippen LogP) is 3.22. The van der Waals surface area contributed by atoms with Gasteiger partial charge >= 0.3 is 5.97 Å². The summed E-state index contributed by atoms with van der Waals surface area (Å²) in [5.74, 6) is -2.33. The van der Waals surface area contributed by atoms with Gasteiger partial charge < -0.3 is 10.1 Å². The van der Waals surface area contributed by atoms with Crippen molar-refractivity contribution < 1.29 is 14.3 Å². The first-order valence-electron chi connectivity index (χ1n) is 7.45. The van der Waals surface area contributed by atoms with E-state index in [1.807, 2.05) is 6.92 Å². The highest BCUT2D eigenvalue weighted by Gasteiger charge is 2.44. The van der Waals surface area contributed by atoms with Crippen LogP contribution in [0, 0.1) is 17.2 Å². The van der Waals surface area contributed by atoms with Crippen molar-refractivity contribution in [2.24, 2.45) is 5.92 Å². The number of nitrogens with zero attached hydrogens (tertiary/aromatic N) is 1. The van der Waals surface area contributed by atoms with Crippen LogP contribution in [0.4, 0.5) is 0 Å². The van der Waals surface area contributed by atoms with E-state index in [4.69, 9.17) is 16.3 Å². The number of amides is 1. The van der Waals surface area contributed by atoms with Crippen LogP contribution in [-0.2, 0) is 14.3 Å². The second kappa shape index (κ2) is 8.22. The number of ether oxygens (including phenoxy) is 1. The molecule has 0 aliphatic carbocycles. The number of nitriles is 1. The number of carbonyl (C=O) groups excluding carboxylic acids is 2. The predicted molar refractivity (Wildman–Crippen MR) is 93.2 cm³/mol. The molecule has 2 rings (SSSR count). The third kappa shape index (κ3) is 3.58. The number of nitrogens with one attached hydrogen (secondary N) is 1. The van der Waals surface area contributed by atoms with Crippen LogP contribution in [0.25, 0.3) is 0 Å². The molecule has 1 amide bonds. The molecular weight excluding hydrogens is 348 g/mol. The van der Waals surface area contributed by atoms with Crippen molar-refractivity contribution in [3.8, 4) is 6.07 Å². The Morgan fingerprint density at radius 2 is 2.17 bits per heavy atom. The van der Waals surface area contributed by atoms with Crippen LogP contribution in [0.2, 0.25) is 5.02 Å². The third-order valence-corrected chi connectivity index (χ3v) is 5.24. The van der Waals surface area contributed by atoms with Crippen molar-refractivity contribution in [1.29, 1.82) is 5.26 Å². The summed E-state index contributed by atoms with van der Waals surface area (Å²) in [5, 5.41) is 13.2. The van der Waals surface area contributed by atoms with Gasteiger partial charge in [-0.2, -0.15) is 5.26 Å². The molecule has 0 spiro atoms. The Morgan fingerprint density at radius 3 is 2.75 bits per heavy atom. The van der Waals surface area contributed by atoms with E-state index in [1.165, 1.54) is 18.9 Å². The van der Waals surface area contributed by atoms with Crippen molar-refractivity contribution in [3.05, 3.63) is 45.5 Å². The van der Waals surface area contributed by atoms with Gasteiger partial charge in [-0.25, -0.2) is 0 Å². The quantitative estimate of drug-likeness (QED) is 0.641. The number of methoxy groups -OCH3 is 1. The van der Waals surface area contributed by atoms with E-state index in [9.17, 15) is 14.9 Å². The number of allylic oxidation sites excluding steroid dienone is 1. The van der Waals surface area contributed by atoms with Crippen molar-refractivity contribution in [2.45, 2.75) is 19.3 Å². The van der Waals surface area contributed by atoms with Crippen LogP contribution in [0.15, 0.2) is 34.9 Å². The minimum atomic E-state index is -1.14. The van der Waals surface area contributed by atoms with Gasteiger partial charge in [0.05, 0.1) is 23.8 Å². The van der Waals surface area contributed by atoms with E-state index < -0.39 is 23.7 Å². The van der Waals surface area contributed by atoms with Crippen LogP contribution in [0.5, 0.6) is 0 Å². The molecule has 0 bridgehead atoms. The molecule has 1 N–H and O–H groups in total. The van der Waals surface area contributed by atoms with Gasteiger partial charge in [-0.15, -0.1) is 11.8 Å². The molecule has 7 heteroatoms. The number of thioether (sulfide) groups is 1. The Balaban J connectivity index is 2.63. The van der Waals surface area contributed by atoms with Crippen LogP contribution in [0.3, 0.4) is 0 Å². The Bertz CT molecular complexity index is 727. The summed E-state index contributed by atoms with van der Waals surface area (Å²) >= 11 is 7.66. The number of halogens is 1. The van der Waals surface area contributed by atoms with Crippen molar-refractivity contribution >= 4 is 35.2 Å². The molecule has 126 valence electrons. The van der Waals surface area contributed by atoms with Crippen molar-refractivity contribution in [2.75, 3.05) is 12.9 Å². The van der Waals surface area contributed by atoms with Gasteiger partial charge in [0.15, 0.2) is 0 Å². The molecular formula is C17H17ClN2O3S. The maximum atomic E-state index is 12.5. The molecule has 24 heavy (non-hydrogen) atoms. The molecule has 1 aromatic carbocycles. The Labute approximate surface area is 150 Å². The lowest BCUT2D eigenvalue weighted by molar-refractivity contribution is -0.150. The van der Waals surface area contributed by atoms with E-state index >= 15 is 0 Å². The maximum absolute atomic E-state index is 12.5. The molecule has 0 radical (unpaired) electrons. The fraction of sp³-hybridized carbons (Fsp3) is 0.353. The van der Waals surface area contributed by atoms with Gasteiger partial charge in [0.2, 0.25) is 5.91 Å². The van der Waals surface area contributed by atoms with Crippen molar-refractivity contribution in [1.82, 2.24) is 5.32 Å². The summed E-state index contributed by atoms with van der Waals surface area (Å²) in [6, 6.07) is 9.06. The summed E-state index contributed by atoms with van der Waals surface area (Å²) in [7, 11) is 1.22. The lowest BCUT2D eigenvalue weighted by Crippen LogP contribution is -2.44. The average Bonchev–Trinajstić information content (AvgIpc) is 2.59. The maximum Gasteiger partial charge on any atom is 0.319 e. The number of rotatable bonds is 5. The highest BCUT2D eigenvalue weighted by molar-refractivity contribution is 8.03. The fourth-order valence-corrected chi connectivity index (χ4v) is 3.75. The monoisotopic (exact) mass is 364 g/mol. The zero-order valence-electron chi connectivity index (χ0n) is 13.3. The molecule has 0 unspecified atom stereocenters. The number of carbonyl (C=O) groups is 2. The molecule has 1 aliphatic heterocycles. The first-order valence-corrected chi connectivity index (χ1v) is 8.81. The van der Waals surface area contributed by atoms with E-state index in [0.29, 0.717) is 21.2 Å². The van der Waals surface area contributed by atoms with Gasteiger partial charge in [-0.3, -0.25) is 9.59 Å². The summed E-state index contributed by atoms with van der Waals surface area (Å²) in [6.07, 6.45) is 0.889. The number of esters is 1. The van der Waals surface area contributed by atoms with Crippen LogP contribution < -0.4 is 5.32 Å². The highest BCUT2D eigenvalue weighted by atomic mass is 35.5. The largest absolute Gasteiger partial charge is 0.468 e. The first kappa shape index (κ1) is 18.4. The number of benzene rings is 1. The lowest BCUT2D eigenvalue weighted by Gasteiger charge is -2.31. The molecule has 0 fully saturated rings. The van der Waals surface area contributed by atoms with E-state index in [1.54, 1.807) is 24.3 Å². The summed E-state index contributed by atoms with van der Waals surface area (Å²) in [6.45, 7) is 2.01. The molecule has 1 aliphatic rings. The Kier molecular flexibility index (Phi) is 6.29. The number of hydrogen-bond donors (Lipinski definition) is 1. The van der Waals surface area contributed by atoms with Crippen LogP contribution >= 0.6 is 23.4 Å². The topological polar surface area (TPSA) is 79.2 Å². The standard InChI is InChI=1S/C17H17ClN2O3S/c1-3-8-24-16-11(9-19)13(10-6-4-5-7-12(10)18)14(15(21)20-16)17(22)23-2/h4-7,13-14H,3,8H2,1-2H3,(H,20,21)/t13-,14-/m1/s1. The van der Waals surface area contributed by atoms with Gasteiger partial charge in [0.25, 0.3) is 0 Å².